The molecule has 4 heterocycles. The Balaban J connectivity index is 0.000000479. The molecule has 3 aromatic heterocycles. The first kappa shape index (κ1) is 27.5. The molecule has 3 aromatic rings. The zero-order chi connectivity index (χ0) is 27.2. The highest BCUT2D eigenvalue weighted by Crippen LogP contribution is 2.34. The smallest absolute Gasteiger partial charge is 0.475 e. The molecule has 0 fully saturated rings. The van der Waals surface area contributed by atoms with Crippen molar-refractivity contribution in [3.8, 4) is 17.1 Å². The van der Waals surface area contributed by atoms with Gasteiger partial charge in [-0.2, -0.15) is 18.3 Å². The number of aliphatic hydroxyl groups is 1. The molecule has 0 radical (unpaired) electrons. The number of carboxylic acids is 1. The quantitative estimate of drug-likeness (QED) is 0.474. The van der Waals surface area contributed by atoms with E-state index in [0.29, 0.717) is 11.4 Å². The number of carboxylic acid groups (broad SMARTS) is 1. The number of carbonyl (C=O) groups excluding carboxylic acids is 1. The number of aromatic nitrogens is 5. The van der Waals surface area contributed by atoms with E-state index in [1.54, 1.807) is 10.9 Å². The number of nitrogens with zero attached hydrogens (tertiary/aromatic N) is 5. The maximum absolute atomic E-state index is 12.9. The van der Waals surface area contributed by atoms with Crippen molar-refractivity contribution >= 4 is 17.6 Å². The van der Waals surface area contributed by atoms with E-state index in [1.165, 1.54) is 23.2 Å². The molecule has 1 unspecified atom stereocenters. The van der Waals surface area contributed by atoms with Gasteiger partial charge < -0.3 is 15.5 Å². The molecule has 3 N–H and O–H groups in total. The van der Waals surface area contributed by atoms with Crippen molar-refractivity contribution in [2.75, 3.05) is 11.9 Å². The van der Waals surface area contributed by atoms with Crippen LogP contribution in [0.5, 0.6) is 0 Å². The normalized spacial score (nSPS) is 15.8. The standard InChI is InChI=1S/C21H24N6O3.C2HF3O2/c1-14-4-2-3-5-16-12-15(6-9-23-16)19-18(24-21(14)30)20(25-27(19)10-11-28)26-13-22-8-7-17(26)29;3-2(4,5)1(6)7/h6-9,12-14,28H,2-5,10-11H2,1H3,(H,24,30);(H,6,7). The van der Waals surface area contributed by atoms with Crippen LogP contribution in [0.1, 0.15) is 31.9 Å². The van der Waals surface area contributed by atoms with Crippen molar-refractivity contribution in [2.45, 2.75) is 45.3 Å². The summed E-state index contributed by atoms with van der Waals surface area (Å²) in [7, 11) is 0. The Morgan fingerprint density at radius 3 is 2.59 bits per heavy atom. The molecule has 1 atom stereocenters. The number of carbonyl (C=O) groups is 2. The fourth-order valence-corrected chi connectivity index (χ4v) is 3.69. The van der Waals surface area contributed by atoms with Crippen LogP contribution in [-0.2, 0) is 22.6 Å². The lowest BCUT2D eigenvalue weighted by Gasteiger charge is -2.16. The summed E-state index contributed by atoms with van der Waals surface area (Å²) >= 11 is 0. The topological polar surface area (TPSA) is 152 Å². The van der Waals surface area contributed by atoms with Crippen molar-refractivity contribution < 1.29 is 33.0 Å². The van der Waals surface area contributed by atoms with Gasteiger partial charge >= 0.3 is 12.1 Å². The van der Waals surface area contributed by atoms with Crippen LogP contribution >= 0.6 is 0 Å². The van der Waals surface area contributed by atoms with Crippen LogP contribution in [0, 0.1) is 5.92 Å². The minimum atomic E-state index is -5.08. The Labute approximate surface area is 208 Å². The summed E-state index contributed by atoms with van der Waals surface area (Å²) in [6.07, 6.45) is 2.88. The number of aliphatic carboxylic acids is 1. The molecule has 0 saturated carbocycles. The minimum absolute atomic E-state index is 0.132. The van der Waals surface area contributed by atoms with E-state index in [2.05, 4.69) is 20.4 Å². The van der Waals surface area contributed by atoms with E-state index in [4.69, 9.17) is 9.90 Å². The number of amides is 1. The number of alkyl halides is 3. The predicted molar refractivity (Wildman–Crippen MR) is 125 cm³/mol. The van der Waals surface area contributed by atoms with Crippen molar-refractivity contribution in [1.29, 1.82) is 0 Å². The van der Waals surface area contributed by atoms with Crippen LogP contribution in [0.3, 0.4) is 0 Å². The summed E-state index contributed by atoms with van der Waals surface area (Å²) in [5.74, 6) is -2.81. The second-order valence-corrected chi connectivity index (χ2v) is 8.26. The Hall–Kier alpha value is -4.07. The average Bonchev–Trinajstić information content (AvgIpc) is 3.19. The molecule has 0 spiro atoms. The monoisotopic (exact) mass is 522 g/mol. The Morgan fingerprint density at radius 2 is 1.95 bits per heavy atom. The van der Waals surface area contributed by atoms with Gasteiger partial charge in [0.1, 0.15) is 12.0 Å². The van der Waals surface area contributed by atoms with Crippen molar-refractivity contribution in [2.24, 2.45) is 5.92 Å². The molecule has 0 aliphatic carbocycles. The number of hydrogen-bond donors (Lipinski definition) is 3. The van der Waals surface area contributed by atoms with Crippen LogP contribution in [-0.4, -0.2) is 59.2 Å². The van der Waals surface area contributed by atoms with Crippen LogP contribution in [0.2, 0.25) is 0 Å². The first-order chi connectivity index (χ1) is 17.5. The summed E-state index contributed by atoms with van der Waals surface area (Å²) < 4.78 is 34.6. The van der Waals surface area contributed by atoms with E-state index in [0.717, 1.165) is 36.9 Å². The van der Waals surface area contributed by atoms with Gasteiger partial charge in [-0.3, -0.25) is 19.3 Å². The number of aliphatic hydroxyl groups excluding tert-OH is 1. The fraction of sp³-hybridized carbons (Fsp3) is 0.391. The second kappa shape index (κ2) is 11.8. The summed E-state index contributed by atoms with van der Waals surface area (Å²) in [5, 5.41) is 24.3. The first-order valence-electron chi connectivity index (χ1n) is 11.3. The molecule has 1 amide bonds. The van der Waals surface area contributed by atoms with Crippen LogP contribution in [0.15, 0.2) is 41.7 Å². The van der Waals surface area contributed by atoms with Gasteiger partial charge in [0.2, 0.25) is 5.91 Å². The highest BCUT2D eigenvalue weighted by atomic mass is 19.4. The molecule has 0 aromatic carbocycles. The van der Waals surface area contributed by atoms with Crippen molar-refractivity contribution in [3.63, 3.8) is 0 Å². The van der Waals surface area contributed by atoms with E-state index in [1.807, 2.05) is 19.1 Å². The highest BCUT2D eigenvalue weighted by molar-refractivity contribution is 5.98. The zero-order valence-electron chi connectivity index (χ0n) is 19.8. The average molecular weight is 522 g/mol. The van der Waals surface area contributed by atoms with Gasteiger partial charge in [0.15, 0.2) is 5.82 Å². The molecule has 4 rings (SSSR count). The number of pyridine rings is 1. The predicted octanol–water partition coefficient (Wildman–Crippen LogP) is 2.42. The summed E-state index contributed by atoms with van der Waals surface area (Å²) in [6.45, 7) is 1.96. The Kier molecular flexibility index (Phi) is 8.76. The van der Waals surface area contributed by atoms with Crippen LogP contribution < -0.4 is 10.9 Å². The lowest BCUT2D eigenvalue weighted by atomic mass is 9.99. The number of rotatable bonds is 3. The molecule has 11 nitrogen and oxygen atoms in total. The number of anilines is 1. The van der Waals surface area contributed by atoms with E-state index < -0.39 is 12.1 Å². The maximum Gasteiger partial charge on any atom is 0.490 e. The molecule has 0 saturated heterocycles. The second-order valence-electron chi connectivity index (χ2n) is 8.26. The molecule has 198 valence electrons. The van der Waals surface area contributed by atoms with Crippen molar-refractivity contribution in [1.82, 2.24) is 24.3 Å². The van der Waals surface area contributed by atoms with E-state index in [-0.39, 0.29) is 36.4 Å². The summed E-state index contributed by atoms with van der Waals surface area (Å²) in [5.41, 5.74) is 2.50. The summed E-state index contributed by atoms with van der Waals surface area (Å²) in [6, 6.07) is 5.15. The maximum atomic E-state index is 12.9. The largest absolute Gasteiger partial charge is 0.490 e. The Morgan fingerprint density at radius 1 is 1.22 bits per heavy atom. The van der Waals surface area contributed by atoms with Gasteiger partial charge in [0.25, 0.3) is 5.56 Å². The number of halogens is 3. The third-order valence-electron chi connectivity index (χ3n) is 5.55. The number of hydrogen-bond acceptors (Lipinski definition) is 7. The third-order valence-corrected chi connectivity index (χ3v) is 5.55. The Bertz CT molecular complexity index is 1320. The van der Waals surface area contributed by atoms with E-state index >= 15 is 0 Å². The number of nitrogens with one attached hydrogen (secondary N) is 1. The van der Waals surface area contributed by atoms with Gasteiger partial charge in [0.05, 0.1) is 18.8 Å². The summed E-state index contributed by atoms with van der Waals surface area (Å²) in [4.78, 5) is 42.8. The molecule has 1 aliphatic heterocycles. The zero-order valence-corrected chi connectivity index (χ0v) is 19.8. The third kappa shape index (κ3) is 6.78. The first-order valence-corrected chi connectivity index (χ1v) is 11.3. The highest BCUT2D eigenvalue weighted by Gasteiger charge is 2.38. The molecule has 1 aliphatic rings. The molecule has 2 bridgehead atoms. The van der Waals surface area contributed by atoms with E-state index in [9.17, 15) is 27.9 Å². The molecular formula is C23H25F3N6O5. The minimum Gasteiger partial charge on any atom is -0.475 e. The lowest BCUT2D eigenvalue weighted by Crippen LogP contribution is -2.23. The van der Waals surface area contributed by atoms with Crippen LogP contribution in [0.25, 0.3) is 17.1 Å². The number of aryl methyl sites for hydroxylation is 1. The van der Waals surface area contributed by atoms with Gasteiger partial charge in [-0.25, -0.2) is 14.3 Å². The molecule has 37 heavy (non-hydrogen) atoms. The SMILES string of the molecule is CC1CCCCc2cc(ccn2)-c2c(c(-n3cnccc3=O)nn2CCO)NC1=O.O=C(O)C(F)(F)F. The molecule has 14 heteroatoms. The van der Waals surface area contributed by atoms with Gasteiger partial charge in [-0.15, -0.1) is 0 Å². The van der Waals surface area contributed by atoms with Gasteiger partial charge in [-0.1, -0.05) is 13.3 Å². The van der Waals surface area contributed by atoms with Crippen molar-refractivity contribution in [3.05, 3.63) is 53.0 Å². The fourth-order valence-electron chi connectivity index (χ4n) is 3.69. The molecular weight excluding hydrogens is 497 g/mol. The number of fused-ring (bicyclic) bond motifs is 4. The van der Waals surface area contributed by atoms with Gasteiger partial charge in [-0.05, 0) is 31.4 Å². The van der Waals surface area contributed by atoms with Gasteiger partial charge in [0, 0.05) is 35.6 Å². The lowest BCUT2D eigenvalue weighted by molar-refractivity contribution is -0.192. The van der Waals surface area contributed by atoms with Crippen LogP contribution in [0.4, 0.5) is 18.9 Å².